The first kappa shape index (κ1) is 43.9. The lowest BCUT2D eigenvalue weighted by atomic mass is 9.97. The molecule has 0 saturated carbocycles. The monoisotopic (exact) mass is 855 g/mol. The van der Waals surface area contributed by atoms with Crippen molar-refractivity contribution in [2.24, 2.45) is 0 Å². The van der Waals surface area contributed by atoms with E-state index in [4.69, 9.17) is 22.7 Å². The van der Waals surface area contributed by atoms with Crippen molar-refractivity contribution in [3.8, 4) is 33.9 Å². The molecular formula is C49H51N4O10+. The fraction of sp³-hybridized carbons (Fsp3) is 0.306. The highest BCUT2D eigenvalue weighted by atomic mass is 16.6. The molecule has 14 heteroatoms. The topological polar surface area (TPSA) is 176 Å². The number of amides is 2. The van der Waals surface area contributed by atoms with Gasteiger partial charge in [-0.05, 0) is 98.6 Å². The predicted molar refractivity (Wildman–Crippen MR) is 238 cm³/mol. The Morgan fingerprint density at radius 1 is 0.730 bits per heavy atom. The smallest absolute Gasteiger partial charge is 0.408 e. The predicted octanol–water partition coefficient (Wildman–Crippen LogP) is 9.24. The number of pyridine rings is 1. The number of fused-ring (bicyclic) bond motifs is 2. The van der Waals surface area contributed by atoms with Crippen molar-refractivity contribution in [3.05, 3.63) is 145 Å². The molecule has 2 N–H and O–H groups in total. The number of rotatable bonds is 9. The zero-order chi connectivity index (χ0) is 45.5. The molecule has 0 aliphatic carbocycles. The molecule has 4 aromatic heterocycles. The first-order valence-corrected chi connectivity index (χ1v) is 20.6. The van der Waals surface area contributed by atoms with Gasteiger partial charge in [0.15, 0.2) is 17.5 Å². The maximum absolute atomic E-state index is 14.9. The molecule has 3 aromatic carbocycles. The van der Waals surface area contributed by atoms with Crippen LogP contribution in [0.5, 0.6) is 0 Å². The van der Waals surface area contributed by atoms with Crippen LogP contribution in [0.15, 0.2) is 119 Å². The summed E-state index contributed by atoms with van der Waals surface area (Å²) in [7, 11) is 0. The van der Waals surface area contributed by atoms with E-state index in [1.807, 2.05) is 56.3 Å². The van der Waals surface area contributed by atoms with Crippen LogP contribution in [0.25, 0.3) is 55.8 Å². The largest absolute Gasteiger partial charge is 0.455 e. The summed E-state index contributed by atoms with van der Waals surface area (Å²) in [6.07, 6.45) is 3.13. The van der Waals surface area contributed by atoms with Gasteiger partial charge in [-0.25, -0.2) is 9.59 Å². The van der Waals surface area contributed by atoms with Crippen molar-refractivity contribution in [2.45, 2.75) is 99.2 Å². The number of nitrogens with zero attached hydrogens (tertiary/aromatic N) is 2. The average Bonchev–Trinajstić information content (AvgIpc) is 3.64. The van der Waals surface area contributed by atoms with E-state index in [2.05, 4.69) is 10.6 Å². The Hall–Kier alpha value is -7.22. The van der Waals surface area contributed by atoms with Crippen LogP contribution in [0.3, 0.4) is 0 Å². The molecule has 326 valence electrons. The van der Waals surface area contributed by atoms with Crippen LogP contribution in [-0.4, -0.2) is 28.0 Å². The summed E-state index contributed by atoms with van der Waals surface area (Å²) in [5.41, 5.74) is 2.35. The second kappa shape index (κ2) is 16.9. The fourth-order valence-corrected chi connectivity index (χ4v) is 7.40. The summed E-state index contributed by atoms with van der Waals surface area (Å²) < 4.78 is 32.8. The van der Waals surface area contributed by atoms with E-state index in [1.165, 1.54) is 29.4 Å². The third-order valence-electron chi connectivity index (χ3n) is 10.1. The number of carbonyl (C=O) groups excluding carboxylic acids is 2. The summed E-state index contributed by atoms with van der Waals surface area (Å²) >= 11 is 0. The molecule has 7 aromatic rings. The summed E-state index contributed by atoms with van der Waals surface area (Å²) in [6, 6.07) is 19.4. The van der Waals surface area contributed by atoms with Gasteiger partial charge >= 0.3 is 18.6 Å². The maximum atomic E-state index is 14.9. The van der Waals surface area contributed by atoms with Gasteiger partial charge in [-0.1, -0.05) is 42.5 Å². The minimum atomic E-state index is -0.718. The quantitative estimate of drug-likeness (QED) is 0.133. The van der Waals surface area contributed by atoms with Crippen molar-refractivity contribution >= 4 is 34.1 Å². The lowest BCUT2D eigenvalue weighted by Gasteiger charge is -2.22. The van der Waals surface area contributed by atoms with Gasteiger partial charge in [0.2, 0.25) is 12.1 Å². The second-order valence-corrected chi connectivity index (χ2v) is 17.8. The van der Waals surface area contributed by atoms with Crippen molar-refractivity contribution in [1.82, 2.24) is 15.2 Å². The van der Waals surface area contributed by atoms with Crippen molar-refractivity contribution < 1.29 is 36.9 Å². The molecule has 0 fully saturated rings. The van der Waals surface area contributed by atoms with E-state index >= 15 is 0 Å². The van der Waals surface area contributed by atoms with Crippen LogP contribution < -0.4 is 31.6 Å². The number of hydrogen-bond acceptors (Lipinski definition) is 10. The van der Waals surface area contributed by atoms with Crippen LogP contribution in [0, 0.1) is 13.8 Å². The fourth-order valence-electron chi connectivity index (χ4n) is 7.40. The number of aromatic nitrogens is 2. The number of oxazole rings is 1. The first-order chi connectivity index (χ1) is 29.7. The van der Waals surface area contributed by atoms with Gasteiger partial charge in [-0.2, -0.15) is 0 Å². The van der Waals surface area contributed by atoms with Gasteiger partial charge in [0, 0.05) is 40.6 Å². The normalized spacial score (nSPS) is 12.9. The number of ether oxygens (including phenoxy) is 2. The zero-order valence-electron chi connectivity index (χ0n) is 37.0. The van der Waals surface area contributed by atoms with E-state index in [0.717, 1.165) is 11.1 Å². The average molecular weight is 856 g/mol. The van der Waals surface area contributed by atoms with Crippen molar-refractivity contribution in [2.75, 3.05) is 0 Å². The Balaban J connectivity index is 1.30. The highest BCUT2D eigenvalue weighted by Gasteiger charge is 2.30. The number of benzene rings is 3. The Morgan fingerprint density at radius 2 is 1.30 bits per heavy atom. The minimum absolute atomic E-state index is 0.112. The number of hydrogen-bond donors (Lipinski definition) is 2. The molecule has 63 heavy (non-hydrogen) atoms. The third-order valence-corrected chi connectivity index (χ3v) is 10.1. The van der Waals surface area contributed by atoms with Crippen molar-refractivity contribution in [1.29, 1.82) is 0 Å². The van der Waals surface area contributed by atoms with Gasteiger partial charge in [0.1, 0.15) is 33.7 Å². The van der Waals surface area contributed by atoms with Gasteiger partial charge < -0.3 is 33.4 Å². The van der Waals surface area contributed by atoms with Gasteiger partial charge in [-0.3, -0.25) is 19.0 Å². The van der Waals surface area contributed by atoms with E-state index < -0.39 is 35.5 Å². The van der Waals surface area contributed by atoms with E-state index in [9.17, 15) is 24.0 Å². The Labute approximate surface area is 363 Å². The zero-order valence-corrected chi connectivity index (χ0v) is 37.0. The Kier molecular flexibility index (Phi) is 11.8. The molecule has 2 amide bonds. The molecule has 0 aliphatic heterocycles. The van der Waals surface area contributed by atoms with Crippen LogP contribution in [0.2, 0.25) is 0 Å². The summed E-state index contributed by atoms with van der Waals surface area (Å²) in [5.74, 6) is 0.439. The van der Waals surface area contributed by atoms with Gasteiger partial charge in [-0.15, -0.1) is 4.57 Å². The number of nitrogens with one attached hydrogen (secondary N) is 2. The number of carbonyl (C=O) groups is 2. The number of alkyl carbamates (subject to hydrolysis) is 2. The molecule has 0 radical (unpaired) electrons. The van der Waals surface area contributed by atoms with Crippen LogP contribution in [0.4, 0.5) is 9.59 Å². The third kappa shape index (κ3) is 9.65. The summed E-state index contributed by atoms with van der Waals surface area (Å²) in [5, 5.41) is 6.31. The molecule has 0 bridgehead atoms. The highest BCUT2D eigenvalue weighted by molar-refractivity contribution is 5.90. The van der Waals surface area contributed by atoms with E-state index in [-0.39, 0.29) is 51.1 Å². The van der Waals surface area contributed by atoms with Gasteiger partial charge in [0.05, 0.1) is 22.9 Å². The molecule has 0 spiro atoms. The second-order valence-electron chi connectivity index (χ2n) is 17.8. The van der Waals surface area contributed by atoms with Crippen molar-refractivity contribution in [3.63, 3.8) is 0 Å². The van der Waals surface area contributed by atoms with Crippen LogP contribution in [0.1, 0.15) is 89.7 Å². The van der Waals surface area contributed by atoms with Gasteiger partial charge in [0.25, 0.3) is 11.3 Å². The maximum Gasteiger partial charge on any atom is 0.408 e. The molecule has 2 atom stereocenters. The summed E-state index contributed by atoms with van der Waals surface area (Å²) in [6.45, 7) is 17.8. The lowest BCUT2D eigenvalue weighted by Crippen LogP contribution is -2.41. The molecule has 0 saturated heterocycles. The van der Waals surface area contributed by atoms with Crippen LogP contribution in [-0.2, 0) is 16.1 Å². The SMILES string of the molecule is Cc1cc([C@@H](C)NC(=O)OC(C)(C)C)c2oc(-c3ccc(=O)n(C[n+]4cocc4-c4c(-c5ccccc5)oc5c([C@@H](C)NC(=O)OC(C)(C)C)cc(C)cc5c4=O)c3)cc(=O)c2c1. The molecule has 0 aliphatic rings. The number of aryl methyl sites for hydroxylation is 2. The standard InChI is InChI=1S/C49H50N4O10/c1-27-18-33(29(3)50-46(57)62-48(5,6)7)44-35(20-27)38(54)22-39(60-44)32-16-17-40(55)52(23-32)25-53-26-59-24-37(53)41-42(56)36-21-28(2)19-34(30(4)51-47(58)63-49(8,9)10)45(36)61-43(41)31-14-12-11-13-15-31/h11-24,26,29-30H,25H2,1-10H3,(H-,50,51,57,58)/p+1/t29-,30-/m1/s1. The van der Waals surface area contributed by atoms with Crippen LogP contribution >= 0.6 is 0 Å². The molecule has 0 unspecified atom stereocenters. The van der Waals surface area contributed by atoms with E-state index in [1.54, 1.807) is 84.4 Å². The summed E-state index contributed by atoms with van der Waals surface area (Å²) in [4.78, 5) is 67.6. The Morgan fingerprint density at radius 3 is 1.89 bits per heavy atom. The molecule has 7 rings (SSSR count). The highest BCUT2D eigenvalue weighted by Crippen LogP contribution is 2.35. The molecule has 4 heterocycles. The Bertz CT molecular complexity index is 3070. The first-order valence-electron chi connectivity index (χ1n) is 20.6. The van der Waals surface area contributed by atoms with E-state index in [0.29, 0.717) is 38.9 Å². The lowest BCUT2D eigenvalue weighted by molar-refractivity contribution is -0.694. The molecular weight excluding hydrogens is 805 g/mol. The molecule has 14 nitrogen and oxygen atoms in total. The minimum Gasteiger partial charge on any atom is -0.455 e.